The molecule has 1 aliphatic rings. The zero-order valence-corrected chi connectivity index (χ0v) is 6.62. The highest BCUT2D eigenvalue weighted by Gasteiger charge is 2.12. The van der Waals surface area contributed by atoms with Crippen LogP contribution in [0.5, 0.6) is 0 Å². The molecule has 0 N–H and O–H groups in total. The standard InChI is InChI=1S/C9H13NO/c1-2-6-10(5-1)8-9-4-3-7-11-9/h3-4,7H,1-2,5-6,8H2. The van der Waals surface area contributed by atoms with Crippen molar-refractivity contribution in [1.82, 2.24) is 4.90 Å². The average Bonchev–Trinajstić information content (AvgIpc) is 2.60. The Labute approximate surface area is 66.8 Å². The van der Waals surface area contributed by atoms with E-state index in [0.29, 0.717) is 0 Å². The molecule has 0 amide bonds. The van der Waals surface area contributed by atoms with Crippen LogP contribution in [0.4, 0.5) is 0 Å². The summed E-state index contributed by atoms with van der Waals surface area (Å²) in [4.78, 5) is 2.43. The van der Waals surface area contributed by atoms with Crippen molar-refractivity contribution in [1.29, 1.82) is 0 Å². The van der Waals surface area contributed by atoms with E-state index in [1.165, 1.54) is 25.9 Å². The van der Waals surface area contributed by atoms with Crippen LogP contribution in [0.25, 0.3) is 0 Å². The predicted octanol–water partition coefficient (Wildman–Crippen LogP) is 1.88. The van der Waals surface area contributed by atoms with E-state index in [2.05, 4.69) is 4.90 Å². The number of furan rings is 1. The monoisotopic (exact) mass is 151 g/mol. The van der Waals surface area contributed by atoms with Gasteiger partial charge in [-0.15, -0.1) is 0 Å². The van der Waals surface area contributed by atoms with Crippen molar-refractivity contribution >= 4 is 0 Å². The summed E-state index contributed by atoms with van der Waals surface area (Å²) in [6.45, 7) is 3.47. The quantitative estimate of drug-likeness (QED) is 0.641. The highest BCUT2D eigenvalue weighted by Crippen LogP contribution is 2.12. The van der Waals surface area contributed by atoms with Crippen LogP contribution in [0.2, 0.25) is 0 Å². The van der Waals surface area contributed by atoms with E-state index in [0.717, 1.165) is 12.3 Å². The first-order chi connectivity index (χ1) is 5.45. The Morgan fingerprint density at radius 2 is 2.18 bits per heavy atom. The van der Waals surface area contributed by atoms with Gasteiger partial charge in [0.05, 0.1) is 12.8 Å². The van der Waals surface area contributed by atoms with Gasteiger partial charge in [-0.3, -0.25) is 4.90 Å². The van der Waals surface area contributed by atoms with Crippen LogP contribution in [0.3, 0.4) is 0 Å². The Morgan fingerprint density at radius 3 is 2.82 bits per heavy atom. The summed E-state index contributed by atoms with van der Waals surface area (Å²) in [5.74, 6) is 1.09. The van der Waals surface area contributed by atoms with Gasteiger partial charge in [0.1, 0.15) is 5.76 Å². The summed E-state index contributed by atoms with van der Waals surface area (Å²) >= 11 is 0. The fraction of sp³-hybridized carbons (Fsp3) is 0.556. The van der Waals surface area contributed by atoms with Crippen molar-refractivity contribution < 1.29 is 4.42 Å². The predicted molar refractivity (Wildman–Crippen MR) is 43.2 cm³/mol. The summed E-state index contributed by atoms with van der Waals surface area (Å²) in [5, 5.41) is 0. The third-order valence-corrected chi connectivity index (χ3v) is 2.16. The first-order valence-corrected chi connectivity index (χ1v) is 4.20. The summed E-state index contributed by atoms with van der Waals surface area (Å²) in [6, 6.07) is 3.99. The molecule has 0 aliphatic carbocycles. The van der Waals surface area contributed by atoms with Gasteiger partial charge in [-0.1, -0.05) is 0 Å². The van der Waals surface area contributed by atoms with Crippen molar-refractivity contribution in [3.63, 3.8) is 0 Å². The Bertz CT molecular complexity index is 199. The highest BCUT2D eigenvalue weighted by molar-refractivity contribution is 4.98. The molecule has 0 bridgehead atoms. The van der Waals surface area contributed by atoms with Crippen molar-refractivity contribution in [3.05, 3.63) is 24.2 Å². The SMILES string of the molecule is c1coc(CN2CCCC2)c1. The molecule has 60 valence electrons. The van der Waals surface area contributed by atoms with E-state index in [1.54, 1.807) is 6.26 Å². The van der Waals surface area contributed by atoms with E-state index in [1.807, 2.05) is 12.1 Å². The summed E-state index contributed by atoms with van der Waals surface area (Å²) in [6.07, 6.45) is 4.44. The molecule has 0 aromatic carbocycles. The highest BCUT2D eigenvalue weighted by atomic mass is 16.3. The van der Waals surface area contributed by atoms with Gasteiger partial charge in [0.15, 0.2) is 0 Å². The summed E-state index contributed by atoms with van der Waals surface area (Å²) in [7, 11) is 0. The van der Waals surface area contributed by atoms with Gasteiger partial charge in [-0.05, 0) is 38.1 Å². The molecular formula is C9H13NO. The zero-order valence-electron chi connectivity index (χ0n) is 6.62. The largest absolute Gasteiger partial charge is 0.468 e. The fourth-order valence-electron chi connectivity index (χ4n) is 1.56. The van der Waals surface area contributed by atoms with E-state index >= 15 is 0 Å². The van der Waals surface area contributed by atoms with Gasteiger partial charge < -0.3 is 4.42 Å². The van der Waals surface area contributed by atoms with E-state index in [9.17, 15) is 0 Å². The minimum Gasteiger partial charge on any atom is -0.468 e. The van der Waals surface area contributed by atoms with Gasteiger partial charge in [0.25, 0.3) is 0 Å². The molecule has 1 aromatic rings. The third-order valence-electron chi connectivity index (χ3n) is 2.16. The lowest BCUT2D eigenvalue weighted by molar-refractivity contribution is 0.297. The second-order valence-corrected chi connectivity index (χ2v) is 3.06. The molecule has 0 spiro atoms. The zero-order chi connectivity index (χ0) is 7.52. The second kappa shape index (κ2) is 3.09. The van der Waals surface area contributed by atoms with Gasteiger partial charge >= 0.3 is 0 Å². The van der Waals surface area contributed by atoms with Crippen molar-refractivity contribution in [2.24, 2.45) is 0 Å². The molecule has 1 aliphatic heterocycles. The van der Waals surface area contributed by atoms with E-state index in [-0.39, 0.29) is 0 Å². The molecule has 0 unspecified atom stereocenters. The molecule has 1 aromatic heterocycles. The molecule has 2 rings (SSSR count). The van der Waals surface area contributed by atoms with Crippen molar-refractivity contribution in [2.45, 2.75) is 19.4 Å². The van der Waals surface area contributed by atoms with Crippen LogP contribution in [0, 0.1) is 0 Å². The molecule has 2 heterocycles. The lowest BCUT2D eigenvalue weighted by Gasteiger charge is -2.11. The van der Waals surface area contributed by atoms with Crippen molar-refractivity contribution in [3.8, 4) is 0 Å². The topological polar surface area (TPSA) is 16.4 Å². The molecule has 0 atom stereocenters. The number of hydrogen-bond acceptors (Lipinski definition) is 2. The Balaban J connectivity index is 1.90. The lowest BCUT2D eigenvalue weighted by Crippen LogP contribution is -2.17. The third kappa shape index (κ3) is 1.63. The maximum atomic E-state index is 5.25. The van der Waals surface area contributed by atoms with Crippen LogP contribution in [-0.4, -0.2) is 18.0 Å². The van der Waals surface area contributed by atoms with Crippen LogP contribution in [0.15, 0.2) is 22.8 Å². The van der Waals surface area contributed by atoms with Crippen LogP contribution in [0.1, 0.15) is 18.6 Å². The van der Waals surface area contributed by atoms with Gasteiger partial charge in [0.2, 0.25) is 0 Å². The number of likely N-dealkylation sites (tertiary alicyclic amines) is 1. The first kappa shape index (κ1) is 6.92. The fourth-order valence-corrected chi connectivity index (χ4v) is 1.56. The number of nitrogens with zero attached hydrogens (tertiary/aromatic N) is 1. The van der Waals surface area contributed by atoms with Crippen LogP contribution in [-0.2, 0) is 6.54 Å². The maximum Gasteiger partial charge on any atom is 0.117 e. The normalized spacial score (nSPS) is 19.3. The molecular weight excluding hydrogens is 138 g/mol. The number of hydrogen-bond donors (Lipinski definition) is 0. The minimum atomic E-state index is 0.993. The molecule has 11 heavy (non-hydrogen) atoms. The average molecular weight is 151 g/mol. The lowest BCUT2D eigenvalue weighted by atomic mass is 10.4. The number of rotatable bonds is 2. The molecule has 0 saturated carbocycles. The Morgan fingerprint density at radius 1 is 1.36 bits per heavy atom. The van der Waals surface area contributed by atoms with Crippen molar-refractivity contribution in [2.75, 3.05) is 13.1 Å². The van der Waals surface area contributed by atoms with E-state index in [4.69, 9.17) is 4.42 Å². The second-order valence-electron chi connectivity index (χ2n) is 3.06. The summed E-state index contributed by atoms with van der Waals surface area (Å²) in [5.41, 5.74) is 0. The van der Waals surface area contributed by atoms with Gasteiger partial charge in [0, 0.05) is 0 Å². The minimum absolute atomic E-state index is 0.993. The first-order valence-electron chi connectivity index (χ1n) is 4.20. The molecule has 1 saturated heterocycles. The van der Waals surface area contributed by atoms with Crippen LogP contribution < -0.4 is 0 Å². The van der Waals surface area contributed by atoms with Gasteiger partial charge in [-0.25, -0.2) is 0 Å². The Hall–Kier alpha value is -0.760. The van der Waals surface area contributed by atoms with E-state index < -0.39 is 0 Å². The molecule has 1 fully saturated rings. The van der Waals surface area contributed by atoms with Gasteiger partial charge in [-0.2, -0.15) is 0 Å². The smallest absolute Gasteiger partial charge is 0.117 e. The molecule has 2 heteroatoms. The maximum absolute atomic E-state index is 5.25. The summed E-state index contributed by atoms with van der Waals surface area (Å²) < 4.78 is 5.25. The van der Waals surface area contributed by atoms with Crippen LogP contribution >= 0.6 is 0 Å². The Kier molecular flexibility index (Phi) is 1.95. The molecule has 0 radical (unpaired) electrons. The molecule has 2 nitrogen and oxygen atoms in total.